The van der Waals surface area contributed by atoms with Crippen LogP contribution < -0.4 is 10.5 Å². The minimum atomic E-state index is -4.55. The fourth-order valence-electron chi connectivity index (χ4n) is 1.06. The van der Waals surface area contributed by atoms with Gasteiger partial charge in [-0.15, -0.1) is 0 Å². The van der Waals surface area contributed by atoms with Crippen LogP contribution in [0.5, 0.6) is 5.75 Å². The first-order chi connectivity index (χ1) is 7.27. The van der Waals surface area contributed by atoms with Crippen LogP contribution in [0.15, 0.2) is 17.0 Å². The van der Waals surface area contributed by atoms with Crippen LogP contribution in [0.25, 0.3) is 0 Å². The van der Waals surface area contributed by atoms with Crippen molar-refractivity contribution in [3.05, 3.63) is 22.2 Å². The van der Waals surface area contributed by atoms with Crippen LogP contribution in [0.2, 0.25) is 0 Å². The Kier molecular flexibility index (Phi) is 3.01. The van der Waals surface area contributed by atoms with Crippen LogP contribution >= 0.6 is 0 Å². The van der Waals surface area contributed by atoms with E-state index in [0.717, 1.165) is 6.07 Å². The zero-order valence-electron chi connectivity index (χ0n) is 8.08. The summed E-state index contributed by atoms with van der Waals surface area (Å²) in [5.74, 6) is -0.193. The van der Waals surface area contributed by atoms with Gasteiger partial charge in [-0.2, -0.15) is 8.42 Å². The SMILES string of the molecule is COc1cc(S(=O)(=O)O)cc([N+](=O)[O-])c1N. The number of nitrogen functional groups attached to an aromatic ring is 1. The van der Waals surface area contributed by atoms with Crippen molar-refractivity contribution in [2.75, 3.05) is 12.8 Å². The van der Waals surface area contributed by atoms with Gasteiger partial charge in [-0.05, 0) is 0 Å². The summed E-state index contributed by atoms with van der Waals surface area (Å²) in [5, 5.41) is 10.6. The van der Waals surface area contributed by atoms with Gasteiger partial charge in [0.05, 0.1) is 12.0 Å². The second-order valence-electron chi connectivity index (χ2n) is 2.79. The zero-order chi connectivity index (χ0) is 12.5. The molecule has 0 spiro atoms. The molecule has 0 fully saturated rings. The Balaban J connectivity index is 3.59. The number of benzene rings is 1. The van der Waals surface area contributed by atoms with Crippen LogP contribution in [0.1, 0.15) is 0 Å². The molecule has 88 valence electrons. The van der Waals surface area contributed by atoms with Crippen molar-refractivity contribution >= 4 is 21.5 Å². The van der Waals surface area contributed by atoms with Crippen molar-refractivity contribution in [2.45, 2.75) is 4.90 Å². The van der Waals surface area contributed by atoms with Gasteiger partial charge in [-0.3, -0.25) is 14.7 Å². The Morgan fingerprint density at radius 1 is 1.50 bits per heavy atom. The largest absolute Gasteiger partial charge is 0.494 e. The smallest absolute Gasteiger partial charge is 0.297 e. The lowest BCUT2D eigenvalue weighted by atomic mass is 10.2. The van der Waals surface area contributed by atoms with Gasteiger partial charge in [0.15, 0.2) is 5.69 Å². The molecule has 0 atom stereocenters. The van der Waals surface area contributed by atoms with E-state index >= 15 is 0 Å². The van der Waals surface area contributed by atoms with Gasteiger partial charge in [0.1, 0.15) is 10.6 Å². The van der Waals surface area contributed by atoms with Crippen molar-refractivity contribution in [1.29, 1.82) is 0 Å². The Morgan fingerprint density at radius 2 is 2.06 bits per heavy atom. The van der Waals surface area contributed by atoms with Gasteiger partial charge in [0.2, 0.25) is 0 Å². The average molecular weight is 248 g/mol. The number of nitrogens with two attached hydrogens (primary N) is 1. The molecule has 0 heterocycles. The lowest BCUT2D eigenvalue weighted by molar-refractivity contribution is -0.384. The predicted molar refractivity (Wildman–Crippen MR) is 53.9 cm³/mol. The van der Waals surface area contributed by atoms with Crippen molar-refractivity contribution in [3.63, 3.8) is 0 Å². The molecule has 0 aliphatic carbocycles. The maximum atomic E-state index is 10.8. The maximum Gasteiger partial charge on any atom is 0.297 e. The lowest BCUT2D eigenvalue weighted by Crippen LogP contribution is -2.04. The molecule has 0 aromatic heterocycles. The third-order valence-electron chi connectivity index (χ3n) is 1.81. The number of methoxy groups -OCH3 is 1. The summed E-state index contributed by atoms with van der Waals surface area (Å²) >= 11 is 0. The van der Waals surface area contributed by atoms with Gasteiger partial charge >= 0.3 is 0 Å². The molecule has 0 bridgehead atoms. The Labute approximate surface area is 90.5 Å². The highest BCUT2D eigenvalue weighted by Crippen LogP contribution is 2.34. The topological polar surface area (TPSA) is 133 Å². The molecule has 8 nitrogen and oxygen atoms in total. The van der Waals surface area contributed by atoms with Gasteiger partial charge < -0.3 is 10.5 Å². The molecule has 0 aliphatic rings. The molecule has 0 unspecified atom stereocenters. The summed E-state index contributed by atoms with van der Waals surface area (Å²) in [4.78, 5) is 9.05. The maximum absolute atomic E-state index is 10.8. The number of hydrogen-bond acceptors (Lipinski definition) is 6. The normalized spacial score (nSPS) is 11.1. The molecule has 0 saturated carbocycles. The standard InChI is InChI=1S/C7H8N2O6S/c1-15-6-3-4(16(12,13)14)2-5(7(6)8)9(10)11/h2-3H,8H2,1H3,(H,12,13,14). The van der Waals surface area contributed by atoms with Crippen molar-refractivity contribution in [3.8, 4) is 5.75 Å². The van der Waals surface area contributed by atoms with E-state index in [9.17, 15) is 18.5 Å². The first-order valence-electron chi connectivity index (χ1n) is 3.86. The molecular formula is C7H8N2O6S. The monoisotopic (exact) mass is 248 g/mol. The molecule has 3 N–H and O–H groups in total. The summed E-state index contributed by atoms with van der Waals surface area (Å²) in [6.07, 6.45) is 0. The molecule has 16 heavy (non-hydrogen) atoms. The summed E-state index contributed by atoms with van der Waals surface area (Å²) in [5.41, 5.74) is 4.41. The number of anilines is 1. The Bertz CT molecular complexity index is 538. The molecule has 9 heteroatoms. The number of nitro groups is 1. The van der Waals surface area contributed by atoms with E-state index in [2.05, 4.69) is 4.74 Å². The Morgan fingerprint density at radius 3 is 2.44 bits per heavy atom. The lowest BCUT2D eigenvalue weighted by Gasteiger charge is -2.06. The summed E-state index contributed by atoms with van der Waals surface area (Å²) in [6, 6.07) is 1.56. The van der Waals surface area contributed by atoms with Crippen molar-refractivity contribution in [1.82, 2.24) is 0 Å². The third kappa shape index (κ3) is 2.20. The minimum absolute atomic E-state index is 0.193. The second-order valence-corrected chi connectivity index (χ2v) is 4.21. The molecule has 0 amide bonds. The minimum Gasteiger partial charge on any atom is -0.494 e. The highest BCUT2D eigenvalue weighted by molar-refractivity contribution is 7.85. The van der Waals surface area contributed by atoms with Crippen LogP contribution in [0.3, 0.4) is 0 Å². The first-order valence-corrected chi connectivity index (χ1v) is 5.30. The van der Waals surface area contributed by atoms with E-state index in [1.54, 1.807) is 0 Å². The first kappa shape index (κ1) is 12.2. The number of ether oxygens (including phenoxy) is 1. The van der Waals surface area contributed by atoms with E-state index in [0.29, 0.717) is 6.07 Å². The van der Waals surface area contributed by atoms with E-state index in [1.165, 1.54) is 7.11 Å². The van der Waals surface area contributed by atoms with Crippen LogP contribution in [-0.2, 0) is 10.1 Å². The molecule has 0 saturated heterocycles. The summed E-state index contributed by atoms with van der Waals surface area (Å²) in [6.45, 7) is 0. The summed E-state index contributed by atoms with van der Waals surface area (Å²) in [7, 11) is -3.38. The quantitative estimate of drug-likeness (QED) is 0.343. The number of nitro benzene ring substituents is 1. The van der Waals surface area contributed by atoms with E-state index in [1.807, 2.05) is 0 Å². The number of rotatable bonds is 3. The predicted octanol–water partition coefficient (Wildman–Crippen LogP) is 0.432. The van der Waals surface area contributed by atoms with Gasteiger partial charge in [-0.1, -0.05) is 0 Å². The summed E-state index contributed by atoms with van der Waals surface area (Å²) < 4.78 is 35.1. The fourth-order valence-corrected chi connectivity index (χ4v) is 1.57. The van der Waals surface area contributed by atoms with Crippen LogP contribution in [0, 0.1) is 10.1 Å². The number of hydrogen-bond donors (Lipinski definition) is 2. The van der Waals surface area contributed by atoms with Crippen molar-refractivity contribution < 1.29 is 22.6 Å². The molecule has 1 rings (SSSR count). The third-order valence-corrected chi connectivity index (χ3v) is 2.64. The van der Waals surface area contributed by atoms with Crippen LogP contribution in [0.4, 0.5) is 11.4 Å². The Hall–Kier alpha value is -1.87. The van der Waals surface area contributed by atoms with Gasteiger partial charge in [0.25, 0.3) is 15.8 Å². The highest BCUT2D eigenvalue weighted by atomic mass is 32.2. The molecular weight excluding hydrogens is 240 g/mol. The van der Waals surface area contributed by atoms with Gasteiger partial charge in [0, 0.05) is 12.1 Å². The number of nitrogens with zero attached hydrogens (tertiary/aromatic N) is 1. The molecule has 1 aromatic rings. The van der Waals surface area contributed by atoms with Crippen LogP contribution in [-0.4, -0.2) is 25.0 Å². The molecule has 0 aliphatic heterocycles. The van der Waals surface area contributed by atoms with Gasteiger partial charge in [-0.25, -0.2) is 0 Å². The molecule has 0 radical (unpaired) electrons. The molecule has 1 aromatic carbocycles. The zero-order valence-corrected chi connectivity index (χ0v) is 8.89. The highest BCUT2D eigenvalue weighted by Gasteiger charge is 2.22. The van der Waals surface area contributed by atoms with E-state index in [-0.39, 0.29) is 11.4 Å². The van der Waals surface area contributed by atoms with E-state index < -0.39 is 25.6 Å². The van der Waals surface area contributed by atoms with E-state index in [4.69, 9.17) is 10.3 Å². The second kappa shape index (κ2) is 3.94. The average Bonchev–Trinajstić information content (AvgIpc) is 2.15. The van der Waals surface area contributed by atoms with Crippen molar-refractivity contribution in [2.24, 2.45) is 0 Å². The fraction of sp³-hybridized carbons (Fsp3) is 0.143.